The zero-order valence-electron chi connectivity index (χ0n) is 9.06. The first-order valence-corrected chi connectivity index (χ1v) is 6.86. The topological polar surface area (TPSA) is 54.6 Å². The standard InChI is InChI=1S/C12H8BrIN2O2/c13-9-3-1-8(2-4-9)12(17)16-15-7-10-5-6-11(14)18-10/h1-7H,(H,16,17)/b15-7-. The molecule has 2 rings (SSSR count). The van der Waals surface area contributed by atoms with Gasteiger partial charge in [-0.05, 0) is 59.0 Å². The fourth-order valence-corrected chi connectivity index (χ4v) is 1.92. The Morgan fingerprint density at radius 3 is 2.61 bits per heavy atom. The number of hydrogen-bond donors (Lipinski definition) is 1. The summed E-state index contributed by atoms with van der Waals surface area (Å²) < 4.78 is 6.96. The van der Waals surface area contributed by atoms with Crippen molar-refractivity contribution >= 4 is 50.6 Å². The Morgan fingerprint density at radius 2 is 2.00 bits per heavy atom. The van der Waals surface area contributed by atoms with E-state index in [0.29, 0.717) is 11.3 Å². The molecule has 0 radical (unpaired) electrons. The van der Waals surface area contributed by atoms with Gasteiger partial charge in [0, 0.05) is 10.0 Å². The van der Waals surface area contributed by atoms with Crippen LogP contribution in [0.2, 0.25) is 0 Å². The highest BCUT2D eigenvalue weighted by Crippen LogP contribution is 2.10. The number of nitrogens with one attached hydrogen (secondary N) is 1. The molecular formula is C12H8BrIN2O2. The SMILES string of the molecule is O=C(N/N=C\c1ccc(I)o1)c1ccc(Br)cc1. The number of hydrogen-bond acceptors (Lipinski definition) is 3. The predicted molar refractivity (Wildman–Crippen MR) is 80.6 cm³/mol. The van der Waals surface area contributed by atoms with E-state index in [-0.39, 0.29) is 5.91 Å². The monoisotopic (exact) mass is 418 g/mol. The molecule has 4 nitrogen and oxygen atoms in total. The van der Waals surface area contributed by atoms with Gasteiger partial charge in [0.1, 0.15) is 5.76 Å². The molecule has 0 bridgehead atoms. The molecule has 0 aliphatic rings. The third-order valence-electron chi connectivity index (χ3n) is 2.06. The van der Waals surface area contributed by atoms with E-state index in [1.165, 1.54) is 6.21 Å². The van der Waals surface area contributed by atoms with Crippen LogP contribution in [0.3, 0.4) is 0 Å². The van der Waals surface area contributed by atoms with Crippen LogP contribution in [0.1, 0.15) is 16.1 Å². The third kappa shape index (κ3) is 3.67. The second kappa shape index (κ2) is 6.14. The van der Waals surface area contributed by atoms with Crippen molar-refractivity contribution in [3.63, 3.8) is 0 Å². The number of nitrogens with zero attached hydrogens (tertiary/aromatic N) is 1. The molecule has 0 atom stereocenters. The molecule has 0 unspecified atom stereocenters. The lowest BCUT2D eigenvalue weighted by Gasteiger charge is -1.99. The van der Waals surface area contributed by atoms with E-state index in [1.54, 1.807) is 30.3 Å². The minimum absolute atomic E-state index is 0.264. The molecule has 0 fully saturated rings. The number of rotatable bonds is 3. The fraction of sp³-hybridized carbons (Fsp3) is 0. The molecule has 0 saturated heterocycles. The maximum Gasteiger partial charge on any atom is 0.271 e. The number of amides is 1. The molecule has 1 amide bonds. The van der Waals surface area contributed by atoms with Crippen LogP contribution in [0.15, 0.2) is 50.4 Å². The first kappa shape index (κ1) is 13.3. The van der Waals surface area contributed by atoms with E-state index in [4.69, 9.17) is 4.42 Å². The highest BCUT2D eigenvalue weighted by atomic mass is 127. The van der Waals surface area contributed by atoms with Crippen molar-refractivity contribution in [1.82, 2.24) is 5.43 Å². The summed E-state index contributed by atoms with van der Waals surface area (Å²) in [5.74, 6) is 0.329. The average molecular weight is 419 g/mol. The summed E-state index contributed by atoms with van der Waals surface area (Å²) in [6.45, 7) is 0. The molecule has 1 heterocycles. The Kier molecular flexibility index (Phi) is 4.54. The summed E-state index contributed by atoms with van der Waals surface area (Å²) in [7, 11) is 0. The van der Waals surface area contributed by atoms with Crippen molar-refractivity contribution in [3.8, 4) is 0 Å². The van der Waals surface area contributed by atoms with Gasteiger partial charge >= 0.3 is 0 Å². The van der Waals surface area contributed by atoms with E-state index in [9.17, 15) is 4.79 Å². The summed E-state index contributed by atoms with van der Waals surface area (Å²) >= 11 is 5.36. The van der Waals surface area contributed by atoms with Gasteiger partial charge in [0.2, 0.25) is 0 Å². The van der Waals surface area contributed by atoms with Crippen molar-refractivity contribution in [3.05, 3.63) is 56.0 Å². The van der Waals surface area contributed by atoms with Crippen LogP contribution in [-0.4, -0.2) is 12.1 Å². The summed E-state index contributed by atoms with van der Waals surface area (Å²) in [6.07, 6.45) is 1.46. The molecule has 1 aromatic carbocycles. The maximum absolute atomic E-state index is 11.7. The molecule has 0 saturated carbocycles. The zero-order chi connectivity index (χ0) is 13.0. The highest BCUT2D eigenvalue weighted by Gasteiger charge is 2.03. The molecule has 0 aliphatic heterocycles. The lowest BCUT2D eigenvalue weighted by atomic mass is 10.2. The van der Waals surface area contributed by atoms with Gasteiger partial charge < -0.3 is 4.42 Å². The molecule has 92 valence electrons. The third-order valence-corrected chi connectivity index (χ3v) is 3.17. The van der Waals surface area contributed by atoms with E-state index in [1.807, 2.05) is 6.07 Å². The van der Waals surface area contributed by atoms with Gasteiger partial charge in [0.05, 0.1) is 6.21 Å². The summed E-state index contributed by atoms with van der Waals surface area (Å²) in [6, 6.07) is 10.6. The van der Waals surface area contributed by atoms with Crippen LogP contribution in [0.5, 0.6) is 0 Å². The summed E-state index contributed by atoms with van der Waals surface area (Å²) in [5, 5.41) is 3.82. The first-order chi connectivity index (χ1) is 8.65. The normalized spacial score (nSPS) is 10.8. The van der Waals surface area contributed by atoms with Crippen LogP contribution < -0.4 is 5.43 Å². The van der Waals surface area contributed by atoms with Crippen molar-refractivity contribution in [2.24, 2.45) is 5.10 Å². The van der Waals surface area contributed by atoms with E-state index < -0.39 is 0 Å². The number of carbonyl (C=O) groups is 1. The van der Waals surface area contributed by atoms with Gasteiger partial charge in [-0.15, -0.1) is 0 Å². The van der Waals surface area contributed by atoms with E-state index in [2.05, 4.69) is 49.0 Å². The number of hydrazone groups is 1. The van der Waals surface area contributed by atoms with Gasteiger partial charge in [-0.25, -0.2) is 5.43 Å². The van der Waals surface area contributed by atoms with Crippen molar-refractivity contribution in [2.45, 2.75) is 0 Å². The van der Waals surface area contributed by atoms with Crippen LogP contribution in [0, 0.1) is 3.77 Å². The quantitative estimate of drug-likeness (QED) is 0.471. The smallest absolute Gasteiger partial charge is 0.271 e. The molecule has 18 heavy (non-hydrogen) atoms. The second-order valence-electron chi connectivity index (χ2n) is 3.35. The predicted octanol–water partition coefficient (Wildman–Crippen LogP) is 3.41. The Hall–Kier alpha value is -1.15. The maximum atomic E-state index is 11.7. The van der Waals surface area contributed by atoms with Crippen molar-refractivity contribution < 1.29 is 9.21 Å². The van der Waals surface area contributed by atoms with Gasteiger partial charge in [-0.2, -0.15) is 5.10 Å². The van der Waals surface area contributed by atoms with E-state index >= 15 is 0 Å². The number of furan rings is 1. The van der Waals surface area contributed by atoms with Gasteiger partial charge in [0.25, 0.3) is 5.91 Å². The van der Waals surface area contributed by atoms with Gasteiger partial charge in [-0.3, -0.25) is 4.79 Å². The van der Waals surface area contributed by atoms with Gasteiger partial charge in [-0.1, -0.05) is 15.9 Å². The summed E-state index contributed by atoms with van der Waals surface area (Å²) in [5.41, 5.74) is 2.97. The molecular weight excluding hydrogens is 411 g/mol. The Balaban J connectivity index is 1.96. The van der Waals surface area contributed by atoms with Crippen LogP contribution in [0.25, 0.3) is 0 Å². The van der Waals surface area contributed by atoms with Crippen molar-refractivity contribution in [1.29, 1.82) is 0 Å². The van der Waals surface area contributed by atoms with Crippen LogP contribution in [0.4, 0.5) is 0 Å². The molecule has 1 N–H and O–H groups in total. The summed E-state index contributed by atoms with van der Waals surface area (Å²) in [4.78, 5) is 11.7. The van der Waals surface area contributed by atoms with Crippen molar-refractivity contribution in [2.75, 3.05) is 0 Å². The molecule has 2 aromatic rings. The Morgan fingerprint density at radius 1 is 1.28 bits per heavy atom. The largest absolute Gasteiger partial charge is 0.449 e. The minimum atomic E-state index is -0.264. The molecule has 0 spiro atoms. The lowest BCUT2D eigenvalue weighted by molar-refractivity contribution is 0.0955. The number of benzene rings is 1. The fourth-order valence-electron chi connectivity index (χ4n) is 1.22. The zero-order valence-corrected chi connectivity index (χ0v) is 12.8. The first-order valence-electron chi connectivity index (χ1n) is 4.99. The minimum Gasteiger partial charge on any atom is -0.449 e. The molecule has 0 aliphatic carbocycles. The second-order valence-corrected chi connectivity index (χ2v) is 5.33. The van der Waals surface area contributed by atoms with Crippen LogP contribution in [-0.2, 0) is 0 Å². The van der Waals surface area contributed by atoms with Gasteiger partial charge in [0.15, 0.2) is 3.77 Å². The Bertz CT molecular complexity index is 578. The molecule has 6 heteroatoms. The van der Waals surface area contributed by atoms with E-state index in [0.717, 1.165) is 8.24 Å². The Labute approximate surface area is 126 Å². The molecule has 1 aromatic heterocycles. The number of carbonyl (C=O) groups excluding carboxylic acids is 1. The highest BCUT2D eigenvalue weighted by molar-refractivity contribution is 14.1. The van der Waals surface area contributed by atoms with Crippen LogP contribution >= 0.6 is 38.5 Å². The number of halogens is 2. The average Bonchev–Trinajstić information content (AvgIpc) is 2.76. The lowest BCUT2D eigenvalue weighted by Crippen LogP contribution is -2.17.